The number of sulfonamides is 1. The average molecular weight is 357 g/mol. The first kappa shape index (κ1) is 18.5. The van der Waals surface area contributed by atoms with Crippen molar-refractivity contribution >= 4 is 33.2 Å². The molecule has 0 radical (unpaired) electrons. The van der Waals surface area contributed by atoms with Gasteiger partial charge in [0.1, 0.15) is 18.5 Å². The summed E-state index contributed by atoms with van der Waals surface area (Å²) in [5, 5.41) is 13.5. The zero-order valence-corrected chi connectivity index (χ0v) is 13.8. The van der Waals surface area contributed by atoms with Gasteiger partial charge in [0.15, 0.2) is 0 Å². The number of ether oxygens (including phenoxy) is 1. The zero-order valence-electron chi connectivity index (χ0n) is 11.5. The first-order valence-corrected chi connectivity index (χ1v) is 8.84. The Morgan fingerprint density at radius 3 is 2.67 bits per heavy atom. The third kappa shape index (κ3) is 8.45. The zero-order chi connectivity index (χ0) is 15.9. The third-order valence-corrected chi connectivity index (χ3v) is 3.63. The first-order valence-electron chi connectivity index (χ1n) is 6.19. The van der Waals surface area contributed by atoms with Crippen molar-refractivity contribution < 1.29 is 18.3 Å². The predicted molar refractivity (Wildman–Crippen MR) is 83.7 cm³/mol. The molecule has 21 heavy (non-hydrogen) atoms. The van der Waals surface area contributed by atoms with E-state index in [2.05, 4.69) is 10.0 Å². The largest absolute Gasteiger partial charge is 0.489 e. The van der Waals surface area contributed by atoms with Crippen LogP contribution >= 0.6 is 23.2 Å². The third-order valence-electron chi connectivity index (χ3n) is 2.37. The van der Waals surface area contributed by atoms with E-state index >= 15 is 0 Å². The van der Waals surface area contributed by atoms with Gasteiger partial charge < -0.3 is 15.2 Å². The molecule has 0 fully saturated rings. The summed E-state index contributed by atoms with van der Waals surface area (Å²) in [4.78, 5) is 0. The molecule has 0 saturated carbocycles. The van der Waals surface area contributed by atoms with Gasteiger partial charge >= 0.3 is 0 Å². The number of aliphatic hydroxyl groups excluding tert-OH is 1. The predicted octanol–water partition coefficient (Wildman–Crippen LogP) is 0.872. The molecule has 120 valence electrons. The highest BCUT2D eigenvalue weighted by Crippen LogP contribution is 2.27. The van der Waals surface area contributed by atoms with Gasteiger partial charge in [-0.2, -0.15) is 0 Å². The summed E-state index contributed by atoms with van der Waals surface area (Å²) < 4.78 is 29.3. The minimum Gasteiger partial charge on any atom is -0.489 e. The monoisotopic (exact) mass is 356 g/mol. The molecule has 0 saturated heterocycles. The molecule has 1 atom stereocenters. The van der Waals surface area contributed by atoms with E-state index in [1.54, 1.807) is 18.2 Å². The molecular weight excluding hydrogens is 339 g/mol. The minimum absolute atomic E-state index is 0.0634. The highest BCUT2D eigenvalue weighted by Gasteiger charge is 2.08. The number of hydrogen-bond donors (Lipinski definition) is 3. The molecule has 1 aromatic carbocycles. The second-order valence-electron chi connectivity index (χ2n) is 4.41. The van der Waals surface area contributed by atoms with Crippen LogP contribution in [0.5, 0.6) is 5.75 Å². The normalized spacial score (nSPS) is 13.1. The maximum atomic E-state index is 10.8. The van der Waals surface area contributed by atoms with Crippen LogP contribution < -0.4 is 14.8 Å². The summed E-state index contributed by atoms with van der Waals surface area (Å²) in [5.74, 6) is 0.443. The Bertz CT molecular complexity index is 554. The Labute approximate surface area is 134 Å². The van der Waals surface area contributed by atoms with E-state index in [9.17, 15) is 13.5 Å². The minimum atomic E-state index is -3.18. The lowest BCUT2D eigenvalue weighted by atomic mass is 10.3. The van der Waals surface area contributed by atoms with Gasteiger partial charge in [0.25, 0.3) is 0 Å². The smallest absolute Gasteiger partial charge is 0.208 e. The SMILES string of the molecule is CS(=O)(=O)NCCNCC(O)COc1ccc(Cl)cc1Cl. The maximum absolute atomic E-state index is 10.8. The van der Waals surface area contributed by atoms with Crippen molar-refractivity contribution in [2.24, 2.45) is 0 Å². The van der Waals surface area contributed by atoms with Crippen molar-refractivity contribution in [1.82, 2.24) is 10.0 Å². The fourth-order valence-corrected chi connectivity index (χ4v) is 2.37. The Kier molecular flexibility index (Phi) is 7.72. The maximum Gasteiger partial charge on any atom is 0.208 e. The molecule has 9 heteroatoms. The van der Waals surface area contributed by atoms with Crippen molar-refractivity contribution in [1.29, 1.82) is 0 Å². The van der Waals surface area contributed by atoms with Crippen molar-refractivity contribution in [3.8, 4) is 5.75 Å². The molecule has 0 amide bonds. The van der Waals surface area contributed by atoms with Gasteiger partial charge in [-0.25, -0.2) is 13.1 Å². The summed E-state index contributed by atoms with van der Waals surface area (Å²) in [6.07, 6.45) is 0.348. The van der Waals surface area contributed by atoms with Gasteiger partial charge in [-0.15, -0.1) is 0 Å². The molecule has 0 aliphatic heterocycles. The molecule has 1 unspecified atom stereocenters. The van der Waals surface area contributed by atoms with E-state index in [4.69, 9.17) is 27.9 Å². The summed E-state index contributed by atoms with van der Waals surface area (Å²) in [5.41, 5.74) is 0. The standard InChI is InChI=1S/C12H18Cl2N2O4S/c1-21(18,19)16-5-4-15-7-10(17)8-20-12-3-2-9(13)6-11(12)14/h2-3,6,10,15-17H,4-5,7-8H2,1H3. The van der Waals surface area contributed by atoms with Crippen LogP contribution in [0.2, 0.25) is 10.0 Å². The fraction of sp³-hybridized carbons (Fsp3) is 0.500. The highest BCUT2D eigenvalue weighted by atomic mass is 35.5. The van der Waals surface area contributed by atoms with Crippen molar-refractivity contribution in [2.75, 3.05) is 32.5 Å². The van der Waals surface area contributed by atoms with Gasteiger partial charge in [0, 0.05) is 24.7 Å². The summed E-state index contributed by atoms with van der Waals surface area (Å²) in [6, 6.07) is 4.82. The van der Waals surface area contributed by atoms with Crippen LogP contribution in [0, 0.1) is 0 Å². The number of halogens is 2. The quantitative estimate of drug-likeness (QED) is 0.571. The van der Waals surface area contributed by atoms with Gasteiger partial charge in [-0.05, 0) is 18.2 Å². The van der Waals surface area contributed by atoms with Crippen LogP contribution in [0.15, 0.2) is 18.2 Å². The average Bonchev–Trinajstić information content (AvgIpc) is 2.36. The Hall–Kier alpha value is -0.570. The molecule has 1 aromatic rings. The topological polar surface area (TPSA) is 87.7 Å². The molecule has 1 rings (SSSR count). The lowest BCUT2D eigenvalue weighted by Gasteiger charge is -2.14. The van der Waals surface area contributed by atoms with E-state index in [0.29, 0.717) is 22.3 Å². The van der Waals surface area contributed by atoms with E-state index in [1.807, 2.05) is 0 Å². The highest BCUT2D eigenvalue weighted by molar-refractivity contribution is 7.88. The van der Waals surface area contributed by atoms with E-state index in [-0.39, 0.29) is 19.7 Å². The number of benzene rings is 1. The molecule has 0 aromatic heterocycles. The number of hydrogen-bond acceptors (Lipinski definition) is 5. The molecule has 0 aliphatic rings. The van der Waals surface area contributed by atoms with Gasteiger partial charge in [-0.3, -0.25) is 0 Å². The molecule has 3 N–H and O–H groups in total. The van der Waals surface area contributed by atoms with Crippen molar-refractivity contribution in [3.63, 3.8) is 0 Å². The van der Waals surface area contributed by atoms with Crippen LogP contribution in [0.1, 0.15) is 0 Å². The Balaban J connectivity index is 2.20. The molecule has 0 aliphatic carbocycles. The summed E-state index contributed by atoms with van der Waals surface area (Å²) in [6.45, 7) is 1.01. The fourth-order valence-electron chi connectivity index (χ4n) is 1.43. The molecule has 6 nitrogen and oxygen atoms in total. The molecule has 0 bridgehead atoms. The van der Waals surface area contributed by atoms with Crippen LogP contribution in [0.25, 0.3) is 0 Å². The van der Waals surface area contributed by atoms with E-state index in [1.165, 1.54) is 0 Å². The molecular formula is C12H18Cl2N2O4S. The van der Waals surface area contributed by atoms with Crippen LogP contribution in [-0.4, -0.2) is 52.1 Å². The molecule has 0 heterocycles. The van der Waals surface area contributed by atoms with Gasteiger partial charge in [-0.1, -0.05) is 23.2 Å². The van der Waals surface area contributed by atoms with E-state index < -0.39 is 16.1 Å². The lowest BCUT2D eigenvalue weighted by molar-refractivity contribution is 0.107. The Morgan fingerprint density at radius 2 is 2.05 bits per heavy atom. The van der Waals surface area contributed by atoms with Gasteiger partial charge in [0.05, 0.1) is 11.3 Å². The van der Waals surface area contributed by atoms with Crippen molar-refractivity contribution in [2.45, 2.75) is 6.10 Å². The second-order valence-corrected chi connectivity index (χ2v) is 7.09. The van der Waals surface area contributed by atoms with E-state index in [0.717, 1.165) is 6.26 Å². The van der Waals surface area contributed by atoms with Crippen LogP contribution in [-0.2, 0) is 10.0 Å². The van der Waals surface area contributed by atoms with Crippen molar-refractivity contribution in [3.05, 3.63) is 28.2 Å². The second kappa shape index (κ2) is 8.77. The summed E-state index contributed by atoms with van der Waals surface area (Å²) >= 11 is 11.7. The number of rotatable bonds is 9. The van der Waals surface area contributed by atoms with Gasteiger partial charge in [0.2, 0.25) is 10.0 Å². The number of nitrogens with one attached hydrogen (secondary N) is 2. The summed E-state index contributed by atoms with van der Waals surface area (Å²) in [7, 11) is -3.18. The van der Waals surface area contributed by atoms with Crippen LogP contribution in [0.4, 0.5) is 0 Å². The lowest BCUT2D eigenvalue weighted by Crippen LogP contribution is -2.36. The molecule has 0 spiro atoms. The van der Waals surface area contributed by atoms with Crippen LogP contribution in [0.3, 0.4) is 0 Å². The first-order chi connectivity index (χ1) is 9.78. The Morgan fingerprint density at radius 1 is 1.33 bits per heavy atom. The number of aliphatic hydroxyl groups is 1.